The lowest BCUT2D eigenvalue weighted by molar-refractivity contribution is 0.0505. The quantitative estimate of drug-likeness (QED) is 0.371. The molecule has 1 saturated heterocycles. The van der Waals surface area contributed by atoms with Crippen LogP contribution in [0.2, 0.25) is 0 Å². The van der Waals surface area contributed by atoms with Crippen LogP contribution in [0.1, 0.15) is 34.3 Å². The average Bonchev–Trinajstić information content (AvgIpc) is 3.44. The zero-order valence-corrected chi connectivity index (χ0v) is 21.1. The Labute approximate surface area is 212 Å². The largest absolute Gasteiger partial charge is 0.496 e. The molecule has 1 amide bonds. The molecule has 7 heteroatoms. The summed E-state index contributed by atoms with van der Waals surface area (Å²) in [5, 5.41) is 0. The Hall–Kier alpha value is -3.71. The lowest BCUT2D eigenvalue weighted by Gasteiger charge is -2.27. The molecule has 3 aromatic carbocycles. The van der Waals surface area contributed by atoms with Crippen LogP contribution in [0, 0.1) is 0 Å². The Balaban J connectivity index is 1.62. The highest BCUT2D eigenvalue weighted by atomic mass is 16.5. The first-order valence-corrected chi connectivity index (χ1v) is 12.1. The highest BCUT2D eigenvalue weighted by Gasteiger charge is 2.26. The van der Waals surface area contributed by atoms with Crippen LogP contribution >= 0.6 is 0 Å². The van der Waals surface area contributed by atoms with Crippen molar-refractivity contribution in [1.29, 1.82) is 0 Å². The smallest absolute Gasteiger partial charge is 0.254 e. The van der Waals surface area contributed by atoms with E-state index >= 15 is 0 Å². The number of hydrogen-bond acceptors (Lipinski definition) is 6. The van der Waals surface area contributed by atoms with Crippen molar-refractivity contribution in [3.8, 4) is 23.0 Å². The van der Waals surface area contributed by atoms with Crippen molar-refractivity contribution in [3.05, 3.63) is 83.4 Å². The predicted molar refractivity (Wildman–Crippen MR) is 137 cm³/mol. The van der Waals surface area contributed by atoms with Gasteiger partial charge in [0, 0.05) is 30.8 Å². The Morgan fingerprint density at radius 1 is 0.917 bits per heavy atom. The number of ether oxygens (including phenoxy) is 5. The number of rotatable bonds is 11. The maximum atomic E-state index is 13.8. The summed E-state index contributed by atoms with van der Waals surface area (Å²) in [7, 11) is 4.74. The summed E-state index contributed by atoms with van der Waals surface area (Å²) < 4.78 is 28.7. The minimum Gasteiger partial charge on any atom is -0.496 e. The van der Waals surface area contributed by atoms with Gasteiger partial charge < -0.3 is 28.6 Å². The third kappa shape index (κ3) is 6.10. The van der Waals surface area contributed by atoms with E-state index in [1.165, 1.54) is 0 Å². The summed E-state index contributed by atoms with van der Waals surface area (Å²) in [6.07, 6.45) is 1.92. The topological polar surface area (TPSA) is 66.5 Å². The minimum atomic E-state index is -0.150. The SMILES string of the molecule is COc1ccccc1CN(CC1CCCO1)C(=O)c1cc(OC)c(OCc2ccccc2)c(OC)c1. The third-order valence-corrected chi connectivity index (χ3v) is 6.22. The first-order valence-electron chi connectivity index (χ1n) is 12.1. The molecule has 0 bridgehead atoms. The number of carbonyl (C=O) groups is 1. The van der Waals surface area contributed by atoms with Crippen LogP contribution in [0.15, 0.2) is 66.7 Å². The molecule has 36 heavy (non-hydrogen) atoms. The third-order valence-electron chi connectivity index (χ3n) is 6.22. The van der Waals surface area contributed by atoms with E-state index in [9.17, 15) is 4.79 Å². The minimum absolute atomic E-state index is 0.000859. The molecule has 1 aliphatic heterocycles. The molecule has 0 saturated carbocycles. The molecule has 4 rings (SSSR count). The number of para-hydroxylation sites is 1. The molecule has 0 N–H and O–H groups in total. The summed E-state index contributed by atoms with van der Waals surface area (Å²) in [5.41, 5.74) is 2.39. The first kappa shape index (κ1) is 25.4. The van der Waals surface area contributed by atoms with Crippen molar-refractivity contribution in [3.63, 3.8) is 0 Å². The van der Waals surface area contributed by atoms with E-state index in [1.807, 2.05) is 54.6 Å². The number of amides is 1. The highest BCUT2D eigenvalue weighted by molar-refractivity contribution is 5.95. The fourth-order valence-corrected chi connectivity index (χ4v) is 4.35. The summed E-state index contributed by atoms with van der Waals surface area (Å²) in [6.45, 7) is 1.93. The van der Waals surface area contributed by atoms with Gasteiger partial charge >= 0.3 is 0 Å². The molecule has 1 atom stereocenters. The van der Waals surface area contributed by atoms with Gasteiger partial charge in [0.05, 0.1) is 27.4 Å². The molecule has 0 aromatic heterocycles. The van der Waals surface area contributed by atoms with E-state index in [0.29, 0.717) is 42.5 Å². The monoisotopic (exact) mass is 491 g/mol. The molecule has 7 nitrogen and oxygen atoms in total. The molecule has 1 aliphatic rings. The van der Waals surface area contributed by atoms with Crippen molar-refractivity contribution in [2.75, 3.05) is 34.5 Å². The fraction of sp³-hybridized carbons (Fsp3) is 0.345. The summed E-state index contributed by atoms with van der Waals surface area (Å²) in [4.78, 5) is 15.6. The Kier molecular flexibility index (Phi) is 8.68. The molecular weight excluding hydrogens is 458 g/mol. The van der Waals surface area contributed by atoms with Gasteiger partial charge in [0.15, 0.2) is 11.5 Å². The number of nitrogens with zero attached hydrogens (tertiary/aromatic N) is 1. The summed E-state index contributed by atoms with van der Waals surface area (Å²) >= 11 is 0. The van der Waals surface area contributed by atoms with E-state index in [1.54, 1.807) is 38.4 Å². The van der Waals surface area contributed by atoms with E-state index in [0.717, 1.165) is 36.3 Å². The Morgan fingerprint density at radius 2 is 1.58 bits per heavy atom. The Bertz CT molecular complexity index is 1120. The van der Waals surface area contributed by atoms with Gasteiger partial charge in [-0.2, -0.15) is 0 Å². The van der Waals surface area contributed by atoms with Gasteiger partial charge in [0.25, 0.3) is 5.91 Å². The number of hydrogen-bond donors (Lipinski definition) is 0. The average molecular weight is 492 g/mol. The predicted octanol–water partition coefficient (Wildman–Crippen LogP) is 5.11. The molecule has 1 heterocycles. The lowest BCUT2D eigenvalue weighted by atomic mass is 10.1. The van der Waals surface area contributed by atoms with Gasteiger partial charge in [0.2, 0.25) is 5.75 Å². The van der Waals surface area contributed by atoms with E-state index < -0.39 is 0 Å². The fourth-order valence-electron chi connectivity index (χ4n) is 4.35. The van der Waals surface area contributed by atoms with Gasteiger partial charge in [-0.3, -0.25) is 4.79 Å². The molecule has 1 fully saturated rings. The van der Waals surface area contributed by atoms with E-state index in [-0.39, 0.29) is 12.0 Å². The van der Waals surface area contributed by atoms with Crippen LogP contribution in [0.4, 0.5) is 0 Å². The van der Waals surface area contributed by atoms with Crippen molar-refractivity contribution in [2.24, 2.45) is 0 Å². The lowest BCUT2D eigenvalue weighted by Crippen LogP contribution is -2.37. The van der Waals surface area contributed by atoms with Crippen LogP contribution in [0.25, 0.3) is 0 Å². The van der Waals surface area contributed by atoms with Crippen molar-refractivity contribution in [1.82, 2.24) is 4.90 Å². The van der Waals surface area contributed by atoms with Crippen molar-refractivity contribution in [2.45, 2.75) is 32.1 Å². The highest BCUT2D eigenvalue weighted by Crippen LogP contribution is 2.39. The molecule has 0 aliphatic carbocycles. The second-order valence-corrected chi connectivity index (χ2v) is 8.62. The normalized spacial score (nSPS) is 14.8. The van der Waals surface area contributed by atoms with Gasteiger partial charge in [-0.05, 0) is 36.6 Å². The van der Waals surface area contributed by atoms with Crippen molar-refractivity contribution < 1.29 is 28.5 Å². The van der Waals surface area contributed by atoms with Crippen LogP contribution in [-0.4, -0.2) is 51.4 Å². The van der Waals surface area contributed by atoms with Gasteiger partial charge in [-0.1, -0.05) is 48.5 Å². The van der Waals surface area contributed by atoms with Crippen LogP contribution in [0.5, 0.6) is 23.0 Å². The van der Waals surface area contributed by atoms with Crippen LogP contribution in [-0.2, 0) is 17.9 Å². The molecule has 0 spiro atoms. The molecule has 0 radical (unpaired) electrons. The maximum Gasteiger partial charge on any atom is 0.254 e. The molecular formula is C29H33NO6. The standard InChI is InChI=1S/C29H33NO6/c1-32-25-14-8-7-12-22(25)18-30(19-24-13-9-15-35-24)29(31)23-16-26(33-2)28(27(17-23)34-3)36-20-21-10-5-4-6-11-21/h4-8,10-12,14,16-17,24H,9,13,15,18-20H2,1-3H3. The molecule has 1 unspecified atom stereocenters. The molecule has 190 valence electrons. The van der Waals surface area contributed by atoms with Gasteiger partial charge in [-0.15, -0.1) is 0 Å². The van der Waals surface area contributed by atoms with Crippen LogP contribution < -0.4 is 18.9 Å². The first-order chi connectivity index (χ1) is 17.6. The zero-order valence-electron chi connectivity index (χ0n) is 21.1. The van der Waals surface area contributed by atoms with E-state index in [4.69, 9.17) is 23.7 Å². The summed E-state index contributed by atoms with van der Waals surface area (Å²) in [6, 6.07) is 21.0. The number of benzene rings is 3. The van der Waals surface area contributed by atoms with Crippen molar-refractivity contribution >= 4 is 5.91 Å². The Morgan fingerprint density at radius 3 is 2.22 bits per heavy atom. The zero-order chi connectivity index (χ0) is 25.3. The number of carbonyl (C=O) groups excluding carboxylic acids is 1. The van der Waals surface area contributed by atoms with E-state index in [2.05, 4.69) is 0 Å². The number of methoxy groups -OCH3 is 3. The second kappa shape index (κ2) is 12.3. The van der Waals surface area contributed by atoms with Gasteiger partial charge in [0.1, 0.15) is 12.4 Å². The van der Waals surface area contributed by atoms with Gasteiger partial charge in [-0.25, -0.2) is 0 Å². The maximum absolute atomic E-state index is 13.8. The van der Waals surface area contributed by atoms with Crippen LogP contribution in [0.3, 0.4) is 0 Å². The molecule has 3 aromatic rings. The summed E-state index contributed by atoms with van der Waals surface area (Å²) in [5.74, 6) is 1.91. The second-order valence-electron chi connectivity index (χ2n) is 8.62.